The molecule has 0 unspecified atom stereocenters. The topological polar surface area (TPSA) is 84.3 Å². The van der Waals surface area contributed by atoms with E-state index in [-0.39, 0.29) is 11.2 Å². The number of hydrogen-bond acceptors (Lipinski definition) is 5. The van der Waals surface area contributed by atoms with Gasteiger partial charge in [0.25, 0.3) is 0 Å². The number of aromatic amines is 1. The van der Waals surface area contributed by atoms with Gasteiger partial charge in [-0.15, -0.1) is 0 Å². The third-order valence-corrected chi connectivity index (χ3v) is 2.28. The summed E-state index contributed by atoms with van der Waals surface area (Å²) in [7, 11) is 1.65. The van der Waals surface area contributed by atoms with Crippen molar-refractivity contribution in [3.63, 3.8) is 0 Å². The van der Waals surface area contributed by atoms with Gasteiger partial charge in [-0.3, -0.25) is 0 Å². The van der Waals surface area contributed by atoms with E-state index in [2.05, 4.69) is 20.5 Å². The van der Waals surface area contributed by atoms with Gasteiger partial charge in [-0.1, -0.05) is 0 Å². The van der Waals surface area contributed by atoms with Crippen molar-refractivity contribution in [3.05, 3.63) is 22.9 Å². The molecule has 2 aromatic rings. The zero-order valence-electron chi connectivity index (χ0n) is 10.0. The molecule has 0 saturated heterocycles. The van der Waals surface area contributed by atoms with E-state index in [0.717, 1.165) is 0 Å². The molecule has 2 heterocycles. The summed E-state index contributed by atoms with van der Waals surface area (Å²) >= 11 is 0. The van der Waals surface area contributed by atoms with Gasteiger partial charge in [0, 0.05) is 13.2 Å². The van der Waals surface area contributed by atoms with E-state index in [1.54, 1.807) is 13.2 Å². The molecule has 2 aromatic heterocycles. The molecule has 17 heavy (non-hydrogen) atoms. The maximum Gasteiger partial charge on any atom is 0.348 e. The van der Waals surface area contributed by atoms with Crippen LogP contribution in [0.2, 0.25) is 0 Å². The molecule has 0 spiro atoms. The number of aromatic nitrogens is 4. The summed E-state index contributed by atoms with van der Waals surface area (Å²) in [6.45, 7) is 4.55. The number of ether oxygens (including phenoxy) is 1. The lowest BCUT2D eigenvalue weighted by Gasteiger charge is -2.25. The van der Waals surface area contributed by atoms with Crippen LogP contribution >= 0.6 is 0 Å². The summed E-state index contributed by atoms with van der Waals surface area (Å²) in [4.78, 5) is 15.4. The molecule has 0 bridgehead atoms. The SMILES string of the molecule is COCC(C)(C)Nc1cc2n[nH]c(=O)n2cn1. The molecule has 2 N–H and O–H groups in total. The third kappa shape index (κ3) is 2.44. The summed E-state index contributed by atoms with van der Waals surface area (Å²) < 4.78 is 6.44. The number of anilines is 1. The lowest BCUT2D eigenvalue weighted by atomic mass is 10.1. The summed E-state index contributed by atoms with van der Waals surface area (Å²) in [6.07, 6.45) is 1.44. The zero-order chi connectivity index (χ0) is 12.5. The molecule has 0 radical (unpaired) electrons. The lowest BCUT2D eigenvalue weighted by molar-refractivity contribution is 0.158. The van der Waals surface area contributed by atoms with E-state index in [0.29, 0.717) is 18.1 Å². The van der Waals surface area contributed by atoms with Crippen LogP contribution in [-0.4, -0.2) is 38.8 Å². The zero-order valence-corrected chi connectivity index (χ0v) is 10.0. The molecule has 0 aromatic carbocycles. The molecule has 0 aliphatic rings. The van der Waals surface area contributed by atoms with Gasteiger partial charge in [-0.2, -0.15) is 5.10 Å². The van der Waals surface area contributed by atoms with Crippen molar-refractivity contribution < 1.29 is 4.74 Å². The maximum absolute atomic E-state index is 11.2. The molecule has 7 heteroatoms. The normalized spacial score (nSPS) is 11.9. The van der Waals surface area contributed by atoms with Crippen molar-refractivity contribution in [2.75, 3.05) is 19.0 Å². The number of hydrogen-bond donors (Lipinski definition) is 2. The molecule has 0 aliphatic carbocycles. The summed E-state index contributed by atoms with van der Waals surface area (Å²) in [5.74, 6) is 0.651. The fourth-order valence-electron chi connectivity index (χ4n) is 1.62. The van der Waals surface area contributed by atoms with Crippen molar-refractivity contribution in [3.8, 4) is 0 Å². The molecule has 2 rings (SSSR count). The van der Waals surface area contributed by atoms with Gasteiger partial charge in [-0.05, 0) is 13.8 Å². The van der Waals surface area contributed by atoms with Crippen molar-refractivity contribution in [2.24, 2.45) is 0 Å². The van der Waals surface area contributed by atoms with Crippen LogP contribution in [0.5, 0.6) is 0 Å². The first-order valence-electron chi connectivity index (χ1n) is 5.22. The molecular weight excluding hydrogens is 222 g/mol. The van der Waals surface area contributed by atoms with Crippen LogP contribution in [0, 0.1) is 0 Å². The Hall–Kier alpha value is -1.89. The fraction of sp³-hybridized carbons (Fsp3) is 0.500. The Kier molecular flexibility index (Phi) is 2.84. The van der Waals surface area contributed by atoms with E-state index in [9.17, 15) is 4.79 Å². The van der Waals surface area contributed by atoms with Crippen molar-refractivity contribution in [2.45, 2.75) is 19.4 Å². The highest BCUT2D eigenvalue weighted by molar-refractivity contribution is 5.49. The van der Waals surface area contributed by atoms with E-state index in [1.165, 1.54) is 10.7 Å². The first-order valence-corrected chi connectivity index (χ1v) is 5.22. The van der Waals surface area contributed by atoms with Gasteiger partial charge in [0.15, 0.2) is 5.65 Å². The lowest BCUT2D eigenvalue weighted by Crippen LogP contribution is -2.36. The molecule has 0 atom stereocenters. The summed E-state index contributed by atoms with van der Waals surface area (Å²) in [5.41, 5.74) is -0.00706. The Balaban J connectivity index is 2.28. The smallest absolute Gasteiger partial charge is 0.348 e. The number of nitrogens with one attached hydrogen (secondary N) is 2. The highest BCUT2D eigenvalue weighted by Gasteiger charge is 2.17. The molecular formula is C10H15N5O2. The second-order valence-electron chi connectivity index (χ2n) is 4.47. The van der Waals surface area contributed by atoms with Crippen LogP contribution in [0.3, 0.4) is 0 Å². The quantitative estimate of drug-likeness (QED) is 0.796. The average Bonchev–Trinajstić information content (AvgIpc) is 2.59. The molecule has 92 valence electrons. The molecule has 0 saturated carbocycles. The minimum absolute atomic E-state index is 0.239. The third-order valence-electron chi connectivity index (χ3n) is 2.28. The number of nitrogens with zero attached hydrogens (tertiary/aromatic N) is 3. The Morgan fingerprint density at radius 2 is 2.35 bits per heavy atom. The Bertz CT molecular complexity index is 571. The van der Waals surface area contributed by atoms with Gasteiger partial charge < -0.3 is 10.1 Å². The van der Waals surface area contributed by atoms with Gasteiger partial charge in [0.1, 0.15) is 12.1 Å². The fourth-order valence-corrected chi connectivity index (χ4v) is 1.62. The van der Waals surface area contributed by atoms with Crippen LogP contribution < -0.4 is 11.0 Å². The number of fused-ring (bicyclic) bond motifs is 1. The Morgan fingerprint density at radius 3 is 3.06 bits per heavy atom. The van der Waals surface area contributed by atoms with Gasteiger partial charge >= 0.3 is 5.69 Å². The second kappa shape index (κ2) is 4.17. The monoisotopic (exact) mass is 237 g/mol. The largest absolute Gasteiger partial charge is 0.382 e. The molecule has 0 amide bonds. The Morgan fingerprint density at radius 1 is 1.59 bits per heavy atom. The highest BCUT2D eigenvalue weighted by atomic mass is 16.5. The standard InChI is InChI=1S/C10H15N5O2/c1-10(2,5-17-3)12-7-4-8-13-14-9(16)15(8)6-11-7/h4,6,12H,5H2,1-3H3,(H,14,16). The van der Waals surface area contributed by atoms with Crippen molar-refractivity contribution >= 4 is 11.5 Å². The van der Waals surface area contributed by atoms with Crippen molar-refractivity contribution in [1.82, 2.24) is 19.6 Å². The molecule has 0 aliphatic heterocycles. The molecule has 7 nitrogen and oxygen atoms in total. The van der Waals surface area contributed by atoms with E-state index >= 15 is 0 Å². The Labute approximate surface area is 97.8 Å². The summed E-state index contributed by atoms with van der Waals surface area (Å²) in [5, 5.41) is 9.44. The van der Waals surface area contributed by atoms with Crippen LogP contribution in [0.1, 0.15) is 13.8 Å². The van der Waals surface area contributed by atoms with Crippen LogP contribution in [0.4, 0.5) is 5.82 Å². The molecule has 0 fully saturated rings. The van der Waals surface area contributed by atoms with Crippen LogP contribution in [0.15, 0.2) is 17.2 Å². The van der Waals surface area contributed by atoms with E-state index in [1.807, 2.05) is 13.8 Å². The van der Waals surface area contributed by atoms with Crippen LogP contribution in [0.25, 0.3) is 5.65 Å². The van der Waals surface area contributed by atoms with Crippen molar-refractivity contribution in [1.29, 1.82) is 0 Å². The average molecular weight is 237 g/mol. The van der Waals surface area contributed by atoms with Gasteiger partial charge in [0.2, 0.25) is 0 Å². The minimum Gasteiger partial charge on any atom is -0.382 e. The number of methoxy groups -OCH3 is 1. The number of rotatable bonds is 4. The minimum atomic E-state index is -0.296. The predicted octanol–water partition coefficient (Wildman–Crippen LogP) is 0.254. The first-order chi connectivity index (χ1) is 8.02. The summed E-state index contributed by atoms with van der Waals surface area (Å²) in [6, 6.07) is 1.70. The predicted molar refractivity (Wildman–Crippen MR) is 63.2 cm³/mol. The van der Waals surface area contributed by atoms with Gasteiger partial charge in [0.05, 0.1) is 12.1 Å². The second-order valence-corrected chi connectivity index (χ2v) is 4.47. The number of H-pyrrole nitrogens is 1. The maximum atomic E-state index is 11.2. The van der Waals surface area contributed by atoms with E-state index in [4.69, 9.17) is 4.74 Å². The highest BCUT2D eigenvalue weighted by Crippen LogP contribution is 2.13. The van der Waals surface area contributed by atoms with Crippen LogP contribution in [-0.2, 0) is 4.74 Å². The van der Waals surface area contributed by atoms with Gasteiger partial charge in [-0.25, -0.2) is 19.3 Å². The van der Waals surface area contributed by atoms with E-state index < -0.39 is 0 Å². The first kappa shape index (κ1) is 11.6.